The van der Waals surface area contributed by atoms with Crippen LogP contribution in [0.15, 0.2) is 61.2 Å². The molecule has 2 nitrogen and oxygen atoms in total. The molecule has 6 heteroatoms. The highest BCUT2D eigenvalue weighted by molar-refractivity contribution is 5.71. The topological polar surface area (TPSA) is 18.5 Å². The van der Waals surface area contributed by atoms with Gasteiger partial charge in [-0.2, -0.15) is 0 Å². The van der Waals surface area contributed by atoms with Crippen molar-refractivity contribution in [3.63, 3.8) is 0 Å². The summed E-state index contributed by atoms with van der Waals surface area (Å²) >= 11 is 0. The van der Waals surface area contributed by atoms with Crippen LogP contribution in [0.25, 0.3) is 22.3 Å². The van der Waals surface area contributed by atoms with E-state index in [1.54, 1.807) is 43.3 Å². The van der Waals surface area contributed by atoms with Crippen molar-refractivity contribution < 1.29 is 27.0 Å². The Kier molecular flexibility index (Phi) is 6.44. The third kappa shape index (κ3) is 4.08. The zero-order valence-corrected chi connectivity index (χ0v) is 17.5. The lowest BCUT2D eigenvalue weighted by Gasteiger charge is -2.28. The molecule has 0 N–H and O–H groups in total. The molecule has 3 aromatic carbocycles. The first-order valence-electron chi connectivity index (χ1n) is 10.4. The van der Waals surface area contributed by atoms with E-state index in [0.717, 1.165) is 0 Å². The van der Waals surface area contributed by atoms with Gasteiger partial charge in [0, 0.05) is 22.6 Å². The van der Waals surface area contributed by atoms with Gasteiger partial charge in [-0.3, -0.25) is 0 Å². The molecule has 166 valence electrons. The molecule has 0 aromatic heterocycles. The maximum atomic E-state index is 14.9. The average molecular weight is 442 g/mol. The van der Waals surface area contributed by atoms with Crippen molar-refractivity contribution in [2.45, 2.75) is 19.6 Å². The fourth-order valence-corrected chi connectivity index (χ4v) is 3.72. The zero-order chi connectivity index (χ0) is 22.8. The largest absolute Gasteiger partial charge is 0.348 e. The standard InChI is InChI=1S/C26H22F4O2/c1-3-15-13-31-26(32-14-15)21-12-11-20(24(29)25(21)30)18-7-5-17(6-8-18)19-10-9-16(4-2)22(27)23(19)28/h3,5-12,15,26H,1,4,13-14H2,2H3. The van der Waals surface area contributed by atoms with Crippen molar-refractivity contribution in [3.05, 3.63) is 95.6 Å². The van der Waals surface area contributed by atoms with Crippen molar-refractivity contribution in [1.29, 1.82) is 0 Å². The van der Waals surface area contributed by atoms with E-state index in [1.807, 2.05) is 0 Å². The molecule has 1 aliphatic heterocycles. The quantitative estimate of drug-likeness (QED) is 0.313. The van der Waals surface area contributed by atoms with E-state index in [-0.39, 0.29) is 22.6 Å². The van der Waals surface area contributed by atoms with Crippen LogP contribution in [0.3, 0.4) is 0 Å². The molecule has 0 unspecified atom stereocenters. The van der Waals surface area contributed by atoms with Crippen LogP contribution in [0.5, 0.6) is 0 Å². The van der Waals surface area contributed by atoms with Crippen molar-refractivity contribution in [2.24, 2.45) is 5.92 Å². The molecule has 0 radical (unpaired) electrons. The summed E-state index contributed by atoms with van der Waals surface area (Å²) in [5, 5.41) is 0. The highest BCUT2D eigenvalue weighted by Crippen LogP contribution is 2.34. The predicted octanol–water partition coefficient (Wildman–Crippen LogP) is 6.99. The minimum Gasteiger partial charge on any atom is -0.348 e. The number of benzene rings is 3. The minimum atomic E-state index is -1.04. The van der Waals surface area contributed by atoms with Crippen LogP contribution < -0.4 is 0 Å². The Bertz CT molecular complexity index is 1130. The van der Waals surface area contributed by atoms with Gasteiger partial charge in [0.25, 0.3) is 0 Å². The van der Waals surface area contributed by atoms with Crippen molar-refractivity contribution in [2.75, 3.05) is 13.2 Å². The van der Waals surface area contributed by atoms with E-state index < -0.39 is 29.6 Å². The van der Waals surface area contributed by atoms with Crippen molar-refractivity contribution >= 4 is 0 Å². The molecule has 1 saturated heterocycles. The second-order valence-corrected chi connectivity index (χ2v) is 7.66. The van der Waals surface area contributed by atoms with Crippen LogP contribution in [0.2, 0.25) is 0 Å². The third-order valence-corrected chi connectivity index (χ3v) is 5.67. The summed E-state index contributed by atoms with van der Waals surface area (Å²) in [6.07, 6.45) is 1.09. The molecule has 0 atom stereocenters. The van der Waals surface area contributed by atoms with Gasteiger partial charge in [-0.05, 0) is 23.1 Å². The normalized spacial score (nSPS) is 18.5. The van der Waals surface area contributed by atoms with Crippen LogP contribution in [0.1, 0.15) is 24.3 Å². The molecule has 1 heterocycles. The van der Waals surface area contributed by atoms with Gasteiger partial charge in [0.05, 0.1) is 13.2 Å². The Balaban J connectivity index is 1.60. The molecule has 32 heavy (non-hydrogen) atoms. The maximum absolute atomic E-state index is 14.9. The number of aryl methyl sites for hydroxylation is 1. The second kappa shape index (κ2) is 9.27. The van der Waals surface area contributed by atoms with Crippen LogP contribution in [0.4, 0.5) is 17.6 Å². The maximum Gasteiger partial charge on any atom is 0.186 e. The summed E-state index contributed by atoms with van der Waals surface area (Å²) in [6, 6.07) is 12.1. The second-order valence-electron chi connectivity index (χ2n) is 7.66. The van der Waals surface area contributed by atoms with Gasteiger partial charge in [0.15, 0.2) is 29.6 Å². The van der Waals surface area contributed by atoms with E-state index in [1.165, 1.54) is 18.2 Å². The first-order valence-corrected chi connectivity index (χ1v) is 10.4. The Morgan fingerprint density at radius 3 is 1.84 bits per heavy atom. The molecular formula is C26H22F4O2. The van der Waals surface area contributed by atoms with Gasteiger partial charge in [-0.15, -0.1) is 6.58 Å². The summed E-state index contributed by atoms with van der Waals surface area (Å²) in [6.45, 7) is 6.04. The van der Waals surface area contributed by atoms with Gasteiger partial charge in [0.2, 0.25) is 0 Å². The lowest BCUT2D eigenvalue weighted by molar-refractivity contribution is -0.198. The first-order chi connectivity index (χ1) is 15.4. The Morgan fingerprint density at radius 2 is 1.31 bits per heavy atom. The molecule has 4 rings (SSSR count). The molecule has 0 spiro atoms. The summed E-state index contributed by atoms with van der Waals surface area (Å²) in [5.41, 5.74) is 1.28. The fraction of sp³-hybridized carbons (Fsp3) is 0.231. The Morgan fingerprint density at radius 1 is 0.781 bits per heavy atom. The van der Waals surface area contributed by atoms with Gasteiger partial charge >= 0.3 is 0 Å². The lowest BCUT2D eigenvalue weighted by atomic mass is 9.97. The summed E-state index contributed by atoms with van der Waals surface area (Å²) < 4.78 is 69.2. The molecule has 1 aliphatic rings. The van der Waals surface area contributed by atoms with E-state index >= 15 is 0 Å². The molecule has 0 aliphatic carbocycles. The van der Waals surface area contributed by atoms with Gasteiger partial charge in [-0.1, -0.05) is 61.5 Å². The minimum absolute atomic E-state index is 0.00781. The Hall–Kier alpha value is -2.96. The zero-order valence-electron chi connectivity index (χ0n) is 17.5. The Labute approximate surface area is 184 Å². The molecule has 1 fully saturated rings. The molecule has 0 amide bonds. The number of ether oxygens (including phenoxy) is 2. The lowest BCUT2D eigenvalue weighted by Crippen LogP contribution is -2.26. The number of rotatable bonds is 5. The number of halogens is 4. The van der Waals surface area contributed by atoms with Crippen LogP contribution in [-0.2, 0) is 15.9 Å². The predicted molar refractivity (Wildman–Crippen MR) is 115 cm³/mol. The van der Waals surface area contributed by atoms with Crippen LogP contribution in [-0.4, -0.2) is 13.2 Å². The van der Waals surface area contributed by atoms with Crippen LogP contribution >= 0.6 is 0 Å². The highest BCUT2D eigenvalue weighted by atomic mass is 19.2. The van der Waals surface area contributed by atoms with E-state index in [4.69, 9.17) is 9.47 Å². The first kappa shape index (κ1) is 22.2. The van der Waals surface area contributed by atoms with E-state index in [9.17, 15) is 17.6 Å². The smallest absolute Gasteiger partial charge is 0.186 e. The number of hydrogen-bond acceptors (Lipinski definition) is 2. The molecular weight excluding hydrogens is 420 g/mol. The monoisotopic (exact) mass is 442 g/mol. The van der Waals surface area contributed by atoms with E-state index in [2.05, 4.69) is 6.58 Å². The molecule has 0 bridgehead atoms. The van der Waals surface area contributed by atoms with Crippen molar-refractivity contribution in [1.82, 2.24) is 0 Å². The van der Waals surface area contributed by atoms with Gasteiger partial charge in [0.1, 0.15) is 0 Å². The third-order valence-electron chi connectivity index (χ3n) is 5.67. The van der Waals surface area contributed by atoms with E-state index in [0.29, 0.717) is 36.3 Å². The highest BCUT2D eigenvalue weighted by Gasteiger charge is 2.27. The van der Waals surface area contributed by atoms with Gasteiger partial charge in [-0.25, -0.2) is 17.6 Å². The summed E-state index contributed by atoms with van der Waals surface area (Å²) in [4.78, 5) is 0. The SMILES string of the molecule is C=CC1COC(c2ccc(-c3ccc(-c4ccc(CC)c(F)c4F)cc3)c(F)c2F)OC1. The molecule has 0 saturated carbocycles. The number of hydrogen-bond donors (Lipinski definition) is 0. The fourth-order valence-electron chi connectivity index (χ4n) is 3.72. The van der Waals surface area contributed by atoms with Crippen LogP contribution in [0, 0.1) is 29.2 Å². The summed E-state index contributed by atoms with van der Waals surface area (Å²) in [7, 11) is 0. The summed E-state index contributed by atoms with van der Waals surface area (Å²) in [5.74, 6) is -3.86. The van der Waals surface area contributed by atoms with Gasteiger partial charge < -0.3 is 9.47 Å². The molecule has 3 aromatic rings. The van der Waals surface area contributed by atoms with Crippen molar-refractivity contribution in [3.8, 4) is 22.3 Å². The average Bonchev–Trinajstić information content (AvgIpc) is 2.83.